The second-order valence-electron chi connectivity index (χ2n) is 3.87. The van der Waals surface area contributed by atoms with Gasteiger partial charge in [0.05, 0.1) is 4.92 Å². The molecule has 2 rings (SSSR count). The Hall–Kier alpha value is -3.03. The molecule has 0 amide bonds. The van der Waals surface area contributed by atoms with Crippen molar-refractivity contribution in [3.05, 3.63) is 68.4 Å². The summed E-state index contributed by atoms with van der Waals surface area (Å²) in [5.74, 6) is -0.314. The van der Waals surface area contributed by atoms with Gasteiger partial charge in [-0.05, 0) is 22.0 Å². The highest BCUT2D eigenvalue weighted by molar-refractivity contribution is 5.57. The highest BCUT2D eigenvalue weighted by Crippen LogP contribution is 2.23. The van der Waals surface area contributed by atoms with E-state index in [0.717, 1.165) is 0 Å². The Kier molecular flexibility index (Phi) is 3.85. The second-order valence-corrected chi connectivity index (χ2v) is 3.87. The molecule has 8 heteroatoms. The van der Waals surface area contributed by atoms with Gasteiger partial charge in [-0.15, -0.1) is 0 Å². The second kappa shape index (κ2) is 5.74. The summed E-state index contributed by atoms with van der Waals surface area (Å²) in [6.45, 7) is 0.101. The topological polar surface area (TPSA) is 111 Å². The van der Waals surface area contributed by atoms with Crippen molar-refractivity contribution in [2.24, 2.45) is 0 Å². The van der Waals surface area contributed by atoms with Crippen molar-refractivity contribution in [1.29, 1.82) is 0 Å². The van der Waals surface area contributed by atoms with Crippen LogP contribution in [0.5, 0.6) is 0 Å². The lowest BCUT2D eigenvalue weighted by Gasteiger charge is -2.06. The first-order chi connectivity index (χ1) is 9.59. The summed E-state index contributed by atoms with van der Waals surface area (Å²) in [4.78, 5) is 24.2. The molecule has 102 valence electrons. The summed E-state index contributed by atoms with van der Waals surface area (Å²) < 4.78 is 0. The number of aromatic nitrogens is 1. The third-order valence-corrected chi connectivity index (χ3v) is 2.62. The van der Waals surface area contributed by atoms with Crippen LogP contribution in [0.25, 0.3) is 0 Å². The zero-order chi connectivity index (χ0) is 14.5. The molecule has 0 bridgehead atoms. The largest absolute Gasteiger partial charge is 0.386 e. The minimum absolute atomic E-state index is 0.0356. The average molecular weight is 274 g/mol. The maximum absolute atomic E-state index is 10.9. The molecule has 1 aromatic carbocycles. The fourth-order valence-corrected chi connectivity index (χ4v) is 1.71. The zero-order valence-corrected chi connectivity index (χ0v) is 10.2. The van der Waals surface area contributed by atoms with E-state index in [1.54, 1.807) is 24.3 Å². The quantitative estimate of drug-likeness (QED) is 0.662. The number of rotatable bonds is 5. The molecule has 0 aliphatic carbocycles. The van der Waals surface area contributed by atoms with Gasteiger partial charge >= 0.3 is 5.82 Å². The molecule has 20 heavy (non-hydrogen) atoms. The van der Waals surface area contributed by atoms with Gasteiger partial charge in [0.25, 0.3) is 5.69 Å². The van der Waals surface area contributed by atoms with Crippen LogP contribution in [0.2, 0.25) is 0 Å². The Balaban J connectivity index is 2.22. The fraction of sp³-hybridized carbons (Fsp3) is 0.0833. The van der Waals surface area contributed by atoms with Crippen LogP contribution in [0.4, 0.5) is 17.2 Å². The standard InChI is InChI=1S/C12H10N4O4/c17-15(18)11-6-2-1-4-9(11)8-14-10-5-3-7-13-12(10)16(19)20/h1-7,14H,8H2. The lowest BCUT2D eigenvalue weighted by molar-refractivity contribution is -0.388. The number of anilines is 1. The number of benzene rings is 1. The Labute approximate surface area is 113 Å². The van der Waals surface area contributed by atoms with Crippen LogP contribution in [0, 0.1) is 20.2 Å². The Bertz CT molecular complexity index is 602. The first-order valence-electron chi connectivity index (χ1n) is 5.65. The maximum atomic E-state index is 10.9. The summed E-state index contributed by atoms with van der Waals surface area (Å²) in [5, 5.41) is 24.5. The molecule has 0 saturated carbocycles. The summed E-state index contributed by atoms with van der Waals surface area (Å²) in [5.41, 5.74) is 0.623. The van der Waals surface area contributed by atoms with Gasteiger partial charge in [0.2, 0.25) is 0 Å². The molecule has 0 aliphatic heterocycles. The number of nitro groups is 2. The summed E-state index contributed by atoms with van der Waals surface area (Å²) in [6.07, 6.45) is 1.31. The van der Waals surface area contributed by atoms with Gasteiger partial charge < -0.3 is 15.4 Å². The molecule has 0 atom stereocenters. The minimum Gasteiger partial charge on any atom is -0.374 e. The van der Waals surface area contributed by atoms with E-state index >= 15 is 0 Å². The molecule has 0 spiro atoms. The first kappa shape index (κ1) is 13.4. The van der Waals surface area contributed by atoms with Gasteiger partial charge in [-0.1, -0.05) is 18.2 Å². The Morgan fingerprint density at radius 3 is 2.50 bits per heavy atom. The van der Waals surface area contributed by atoms with Crippen molar-refractivity contribution < 1.29 is 9.85 Å². The van der Waals surface area contributed by atoms with Crippen molar-refractivity contribution in [3.8, 4) is 0 Å². The van der Waals surface area contributed by atoms with Crippen LogP contribution in [-0.4, -0.2) is 14.8 Å². The SMILES string of the molecule is O=[N+]([O-])c1ccccc1CNc1cccnc1[N+](=O)[O-]. The van der Waals surface area contributed by atoms with Crippen molar-refractivity contribution in [2.45, 2.75) is 6.54 Å². The van der Waals surface area contributed by atoms with Crippen molar-refractivity contribution in [1.82, 2.24) is 4.98 Å². The molecule has 0 radical (unpaired) electrons. The van der Waals surface area contributed by atoms with Crippen LogP contribution in [-0.2, 0) is 6.54 Å². The van der Waals surface area contributed by atoms with E-state index in [4.69, 9.17) is 0 Å². The molecule has 8 nitrogen and oxygen atoms in total. The lowest BCUT2D eigenvalue weighted by atomic mass is 10.2. The lowest BCUT2D eigenvalue weighted by Crippen LogP contribution is -2.05. The molecule has 1 N–H and O–H groups in total. The van der Waals surface area contributed by atoms with E-state index in [1.807, 2.05) is 0 Å². The average Bonchev–Trinajstić information content (AvgIpc) is 2.45. The number of nitrogens with zero attached hydrogens (tertiary/aromatic N) is 3. The van der Waals surface area contributed by atoms with E-state index in [2.05, 4.69) is 10.3 Å². The molecule has 2 aromatic rings. The summed E-state index contributed by atoms with van der Waals surface area (Å²) >= 11 is 0. The van der Waals surface area contributed by atoms with Gasteiger partial charge in [0.15, 0.2) is 0 Å². The number of nitrogens with one attached hydrogen (secondary N) is 1. The summed E-state index contributed by atoms with van der Waals surface area (Å²) in [6, 6.07) is 9.26. The molecule has 1 heterocycles. The highest BCUT2D eigenvalue weighted by atomic mass is 16.6. The Morgan fingerprint density at radius 2 is 1.80 bits per heavy atom. The molecular weight excluding hydrogens is 264 g/mol. The number of para-hydroxylation sites is 1. The van der Waals surface area contributed by atoms with Crippen LogP contribution in [0.3, 0.4) is 0 Å². The Morgan fingerprint density at radius 1 is 1.05 bits per heavy atom. The van der Waals surface area contributed by atoms with E-state index < -0.39 is 9.85 Å². The predicted molar refractivity (Wildman–Crippen MR) is 71.3 cm³/mol. The van der Waals surface area contributed by atoms with E-state index in [9.17, 15) is 20.2 Å². The number of pyridine rings is 1. The van der Waals surface area contributed by atoms with E-state index in [-0.39, 0.29) is 23.7 Å². The molecule has 0 aliphatic rings. The number of hydrogen-bond acceptors (Lipinski definition) is 6. The van der Waals surface area contributed by atoms with Gasteiger partial charge in [0.1, 0.15) is 11.9 Å². The maximum Gasteiger partial charge on any atom is 0.386 e. The van der Waals surface area contributed by atoms with Gasteiger partial charge in [-0.3, -0.25) is 10.1 Å². The van der Waals surface area contributed by atoms with E-state index in [0.29, 0.717) is 5.56 Å². The van der Waals surface area contributed by atoms with Crippen molar-refractivity contribution >= 4 is 17.2 Å². The number of nitro benzene ring substituents is 1. The molecule has 0 saturated heterocycles. The molecule has 1 aromatic heterocycles. The van der Waals surface area contributed by atoms with Crippen LogP contribution >= 0.6 is 0 Å². The van der Waals surface area contributed by atoms with Crippen LogP contribution in [0.15, 0.2) is 42.6 Å². The third kappa shape index (κ3) is 2.86. The molecule has 0 unspecified atom stereocenters. The van der Waals surface area contributed by atoms with E-state index in [1.165, 1.54) is 18.3 Å². The minimum atomic E-state index is -0.609. The highest BCUT2D eigenvalue weighted by Gasteiger charge is 2.16. The number of hydrogen-bond donors (Lipinski definition) is 1. The van der Waals surface area contributed by atoms with Crippen LogP contribution in [0.1, 0.15) is 5.56 Å². The normalized spacial score (nSPS) is 10.0. The predicted octanol–water partition coefficient (Wildman–Crippen LogP) is 2.51. The summed E-state index contributed by atoms with van der Waals surface area (Å²) in [7, 11) is 0. The van der Waals surface area contributed by atoms with Crippen LogP contribution < -0.4 is 5.32 Å². The fourth-order valence-electron chi connectivity index (χ4n) is 1.71. The van der Waals surface area contributed by atoms with Gasteiger partial charge in [-0.25, -0.2) is 0 Å². The first-order valence-corrected chi connectivity index (χ1v) is 5.65. The smallest absolute Gasteiger partial charge is 0.374 e. The van der Waals surface area contributed by atoms with Gasteiger partial charge in [-0.2, -0.15) is 0 Å². The van der Waals surface area contributed by atoms with Crippen molar-refractivity contribution in [2.75, 3.05) is 5.32 Å². The van der Waals surface area contributed by atoms with Gasteiger partial charge in [0, 0.05) is 18.2 Å². The zero-order valence-electron chi connectivity index (χ0n) is 10.2. The molecule has 0 fully saturated rings. The van der Waals surface area contributed by atoms with Crippen molar-refractivity contribution in [3.63, 3.8) is 0 Å². The monoisotopic (exact) mass is 274 g/mol. The molecular formula is C12H10N4O4. The third-order valence-electron chi connectivity index (χ3n) is 2.62.